The molecule has 3 aromatic rings. The zero-order valence-electron chi connectivity index (χ0n) is 13.3. The van der Waals surface area contributed by atoms with E-state index in [1.807, 2.05) is 0 Å². The van der Waals surface area contributed by atoms with E-state index < -0.39 is 5.82 Å². The normalized spacial score (nSPS) is 10.7. The lowest BCUT2D eigenvalue weighted by molar-refractivity contribution is -0.115. The van der Waals surface area contributed by atoms with Gasteiger partial charge in [0, 0.05) is 28.1 Å². The van der Waals surface area contributed by atoms with E-state index in [0.29, 0.717) is 32.8 Å². The molecular formula is C18H14Cl2FN3O. The molecule has 1 N–H and O–H groups in total. The van der Waals surface area contributed by atoms with Crippen molar-refractivity contribution in [3.05, 3.63) is 76.0 Å². The standard InChI is InChI=1S/C18H14Cl2FN3O/c1-11-22-7-8-24(11)17-6-5-12(9-16(17)21)23-18(25)10-13-14(19)3-2-4-15(13)20/h2-9H,10H2,1H3,(H,23,25). The van der Waals surface area contributed by atoms with Gasteiger partial charge >= 0.3 is 0 Å². The molecule has 0 spiro atoms. The fraction of sp³-hybridized carbons (Fsp3) is 0.111. The average molecular weight is 378 g/mol. The molecule has 1 heterocycles. The first kappa shape index (κ1) is 17.5. The second kappa shape index (κ2) is 7.25. The lowest BCUT2D eigenvalue weighted by Crippen LogP contribution is -2.15. The summed E-state index contributed by atoms with van der Waals surface area (Å²) in [6.07, 6.45) is 3.27. The first-order valence-electron chi connectivity index (χ1n) is 7.48. The third-order valence-electron chi connectivity index (χ3n) is 3.72. The number of hydrogen-bond acceptors (Lipinski definition) is 2. The van der Waals surface area contributed by atoms with Gasteiger partial charge < -0.3 is 9.88 Å². The molecule has 4 nitrogen and oxygen atoms in total. The molecule has 0 fully saturated rings. The van der Waals surface area contributed by atoms with Gasteiger partial charge in [0.2, 0.25) is 5.91 Å². The van der Waals surface area contributed by atoms with Crippen LogP contribution in [0.1, 0.15) is 11.4 Å². The van der Waals surface area contributed by atoms with E-state index in [0.717, 1.165) is 0 Å². The van der Waals surface area contributed by atoms with Crippen LogP contribution in [0.15, 0.2) is 48.8 Å². The maximum Gasteiger partial charge on any atom is 0.228 e. The van der Waals surface area contributed by atoms with E-state index >= 15 is 0 Å². The van der Waals surface area contributed by atoms with E-state index in [9.17, 15) is 9.18 Å². The van der Waals surface area contributed by atoms with Crippen LogP contribution in [-0.4, -0.2) is 15.5 Å². The van der Waals surface area contributed by atoms with E-state index in [2.05, 4.69) is 10.3 Å². The van der Waals surface area contributed by atoms with Gasteiger partial charge in [0.1, 0.15) is 11.6 Å². The van der Waals surface area contributed by atoms with Crippen LogP contribution in [0.5, 0.6) is 0 Å². The maximum atomic E-state index is 14.4. The summed E-state index contributed by atoms with van der Waals surface area (Å²) in [5.74, 6) is -0.125. The van der Waals surface area contributed by atoms with Crippen LogP contribution in [-0.2, 0) is 11.2 Å². The minimum Gasteiger partial charge on any atom is -0.326 e. The van der Waals surface area contributed by atoms with Crippen LogP contribution < -0.4 is 5.32 Å². The monoisotopic (exact) mass is 377 g/mol. The van der Waals surface area contributed by atoms with Gasteiger partial charge in [-0.05, 0) is 42.8 Å². The Hall–Kier alpha value is -2.37. The lowest BCUT2D eigenvalue weighted by Gasteiger charge is -2.11. The molecule has 0 bridgehead atoms. The summed E-state index contributed by atoms with van der Waals surface area (Å²) in [5.41, 5.74) is 1.25. The Labute approximate surface area is 154 Å². The second-order valence-corrected chi connectivity index (χ2v) is 6.25. The van der Waals surface area contributed by atoms with Gasteiger partial charge in [-0.3, -0.25) is 4.79 Å². The van der Waals surface area contributed by atoms with Gasteiger partial charge in [-0.15, -0.1) is 0 Å². The SMILES string of the molecule is Cc1nccn1-c1ccc(NC(=O)Cc2c(Cl)cccc2Cl)cc1F. The molecule has 3 rings (SSSR count). The first-order valence-corrected chi connectivity index (χ1v) is 8.24. The van der Waals surface area contributed by atoms with Gasteiger partial charge in [0.05, 0.1) is 12.1 Å². The summed E-state index contributed by atoms with van der Waals surface area (Å²) in [6, 6.07) is 9.52. The van der Waals surface area contributed by atoms with Crippen LogP contribution in [0.25, 0.3) is 5.69 Å². The van der Waals surface area contributed by atoms with Crippen LogP contribution in [0.2, 0.25) is 10.0 Å². The van der Waals surface area contributed by atoms with Crippen LogP contribution in [0, 0.1) is 12.7 Å². The van der Waals surface area contributed by atoms with Crippen molar-refractivity contribution < 1.29 is 9.18 Å². The predicted octanol–water partition coefficient (Wildman–Crippen LogP) is 4.81. The van der Waals surface area contributed by atoms with E-state index in [-0.39, 0.29) is 12.3 Å². The highest BCUT2D eigenvalue weighted by Gasteiger charge is 2.13. The summed E-state index contributed by atoms with van der Waals surface area (Å²) in [4.78, 5) is 16.3. The zero-order valence-corrected chi connectivity index (χ0v) is 14.8. The number of hydrogen-bond donors (Lipinski definition) is 1. The number of halogens is 3. The topological polar surface area (TPSA) is 46.9 Å². The largest absolute Gasteiger partial charge is 0.326 e. The first-order chi connectivity index (χ1) is 12.0. The number of rotatable bonds is 4. The number of amides is 1. The highest BCUT2D eigenvalue weighted by atomic mass is 35.5. The Morgan fingerprint density at radius 3 is 2.56 bits per heavy atom. The van der Waals surface area contributed by atoms with Crippen molar-refractivity contribution in [2.75, 3.05) is 5.32 Å². The van der Waals surface area contributed by atoms with Gasteiger partial charge in [-0.2, -0.15) is 0 Å². The molecule has 0 aliphatic heterocycles. The number of nitrogens with one attached hydrogen (secondary N) is 1. The molecule has 0 unspecified atom stereocenters. The zero-order chi connectivity index (χ0) is 18.0. The molecule has 128 valence electrons. The molecule has 1 amide bonds. The number of imidazole rings is 1. The molecule has 0 saturated carbocycles. The van der Waals surface area contributed by atoms with E-state index in [1.54, 1.807) is 54.2 Å². The number of nitrogens with zero attached hydrogens (tertiary/aromatic N) is 2. The molecule has 7 heteroatoms. The predicted molar refractivity (Wildman–Crippen MR) is 97.1 cm³/mol. The fourth-order valence-electron chi connectivity index (χ4n) is 2.48. The van der Waals surface area contributed by atoms with Crippen LogP contribution in [0.4, 0.5) is 10.1 Å². The van der Waals surface area contributed by atoms with Crippen LogP contribution >= 0.6 is 23.2 Å². The van der Waals surface area contributed by atoms with Crippen molar-refractivity contribution in [3.8, 4) is 5.69 Å². The molecule has 1 aromatic heterocycles. The molecule has 0 saturated heterocycles. The third kappa shape index (κ3) is 3.83. The van der Waals surface area contributed by atoms with Gasteiger partial charge in [0.15, 0.2) is 0 Å². The number of aromatic nitrogens is 2. The number of carbonyl (C=O) groups is 1. The highest BCUT2D eigenvalue weighted by molar-refractivity contribution is 6.36. The van der Waals surface area contributed by atoms with Crippen molar-refractivity contribution in [3.63, 3.8) is 0 Å². The highest BCUT2D eigenvalue weighted by Crippen LogP contribution is 2.25. The van der Waals surface area contributed by atoms with E-state index in [4.69, 9.17) is 23.2 Å². The fourth-order valence-corrected chi connectivity index (χ4v) is 3.01. The van der Waals surface area contributed by atoms with Gasteiger partial charge in [-0.1, -0.05) is 29.3 Å². The van der Waals surface area contributed by atoms with Crippen molar-refractivity contribution in [2.45, 2.75) is 13.3 Å². The Morgan fingerprint density at radius 1 is 1.24 bits per heavy atom. The van der Waals surface area contributed by atoms with Crippen molar-refractivity contribution in [1.29, 1.82) is 0 Å². The minimum absolute atomic E-state index is 0.00249. The number of anilines is 1. The summed E-state index contributed by atoms with van der Waals surface area (Å²) >= 11 is 12.1. The molecule has 0 aliphatic rings. The molecule has 0 aliphatic carbocycles. The Morgan fingerprint density at radius 2 is 1.96 bits per heavy atom. The Bertz CT molecular complexity index is 920. The third-order valence-corrected chi connectivity index (χ3v) is 4.42. The quantitative estimate of drug-likeness (QED) is 0.709. The summed E-state index contributed by atoms with van der Waals surface area (Å²) in [7, 11) is 0. The molecule has 25 heavy (non-hydrogen) atoms. The van der Waals surface area contributed by atoms with Crippen molar-refractivity contribution >= 4 is 34.8 Å². The van der Waals surface area contributed by atoms with Crippen molar-refractivity contribution in [1.82, 2.24) is 9.55 Å². The Balaban J connectivity index is 1.76. The Kier molecular flexibility index (Phi) is 5.06. The van der Waals surface area contributed by atoms with Gasteiger partial charge in [0.25, 0.3) is 0 Å². The smallest absolute Gasteiger partial charge is 0.228 e. The summed E-state index contributed by atoms with van der Waals surface area (Å²) in [5, 5.41) is 3.48. The molecule has 0 radical (unpaired) electrons. The van der Waals surface area contributed by atoms with Crippen LogP contribution in [0.3, 0.4) is 0 Å². The van der Waals surface area contributed by atoms with Gasteiger partial charge in [-0.25, -0.2) is 9.37 Å². The summed E-state index contributed by atoms with van der Waals surface area (Å²) in [6.45, 7) is 1.78. The molecule has 2 aromatic carbocycles. The lowest BCUT2D eigenvalue weighted by atomic mass is 10.1. The summed E-state index contributed by atoms with van der Waals surface area (Å²) < 4.78 is 16.0. The maximum absolute atomic E-state index is 14.4. The van der Waals surface area contributed by atoms with E-state index in [1.165, 1.54) is 6.07 Å². The number of aryl methyl sites for hydroxylation is 1. The number of carbonyl (C=O) groups excluding carboxylic acids is 1. The number of benzene rings is 2. The average Bonchev–Trinajstić information content (AvgIpc) is 2.97. The minimum atomic E-state index is -0.463. The molecular weight excluding hydrogens is 364 g/mol. The van der Waals surface area contributed by atoms with Crippen molar-refractivity contribution in [2.24, 2.45) is 0 Å². The second-order valence-electron chi connectivity index (χ2n) is 5.44. The molecule has 0 atom stereocenters.